The van der Waals surface area contributed by atoms with E-state index < -0.39 is 41.1 Å². The number of fused-ring (bicyclic) bond motifs is 1. The van der Waals surface area contributed by atoms with Crippen molar-refractivity contribution < 1.29 is 29.0 Å². The number of nitrogens with zero attached hydrogens (tertiary/aromatic N) is 2. The topological polar surface area (TPSA) is 96.4 Å². The molecule has 2 amide bonds. The Morgan fingerprint density at radius 2 is 1.95 bits per heavy atom. The Balaban J connectivity index is 1.75. The molecule has 4 rings (SSSR count). The smallest absolute Gasteiger partial charge is 0.312 e. The molecule has 0 aromatic heterocycles. The van der Waals surface area contributed by atoms with E-state index in [0.717, 1.165) is 44.9 Å². The number of carbonyl (C=O) groups is 3. The summed E-state index contributed by atoms with van der Waals surface area (Å²) in [6.45, 7) is 13.9. The van der Waals surface area contributed by atoms with E-state index in [1.54, 1.807) is 17.1 Å². The molecule has 8 nitrogen and oxygen atoms in total. The molecule has 218 valence electrons. The molecule has 4 aliphatic rings. The van der Waals surface area contributed by atoms with Crippen molar-refractivity contribution in [2.75, 3.05) is 19.8 Å². The maximum absolute atomic E-state index is 14.7. The fourth-order valence-electron chi connectivity index (χ4n) is 7.77. The van der Waals surface area contributed by atoms with Crippen molar-refractivity contribution in [3.63, 3.8) is 0 Å². The molecule has 2 bridgehead atoms. The summed E-state index contributed by atoms with van der Waals surface area (Å²) in [6, 6.07) is -1.37. The zero-order valence-electron chi connectivity index (χ0n) is 24.1. The van der Waals surface area contributed by atoms with Crippen LogP contribution in [-0.4, -0.2) is 81.8 Å². The largest absolute Gasteiger partial charge is 0.465 e. The van der Waals surface area contributed by atoms with Gasteiger partial charge in [-0.3, -0.25) is 14.4 Å². The highest BCUT2D eigenvalue weighted by molar-refractivity contribution is 5.99. The molecule has 8 heteroatoms. The maximum atomic E-state index is 14.7. The van der Waals surface area contributed by atoms with Crippen LogP contribution >= 0.6 is 0 Å². The molecular weight excluding hydrogens is 496 g/mol. The Kier molecular flexibility index (Phi) is 9.26. The SMILES string of the molecule is C=CCCCOC(=O)[C@@H]1[C@H]2C(=O)N([C@@H](CO)[C@@H](C)CC)C(C(=O)N(CC=C)C3CCCCC3)C23CC[C@@]1(C)O3. The van der Waals surface area contributed by atoms with Crippen LogP contribution in [0.15, 0.2) is 25.3 Å². The van der Waals surface area contributed by atoms with Gasteiger partial charge < -0.3 is 24.4 Å². The minimum absolute atomic E-state index is 0.0379. The number of rotatable bonds is 13. The van der Waals surface area contributed by atoms with Crippen LogP contribution in [0, 0.1) is 17.8 Å². The lowest BCUT2D eigenvalue weighted by atomic mass is 9.66. The summed E-state index contributed by atoms with van der Waals surface area (Å²) in [7, 11) is 0. The third-order valence-electron chi connectivity index (χ3n) is 9.97. The van der Waals surface area contributed by atoms with Gasteiger partial charge in [-0.25, -0.2) is 0 Å². The van der Waals surface area contributed by atoms with Crippen LogP contribution in [0.5, 0.6) is 0 Å². The molecule has 1 N–H and O–H groups in total. The second-order valence-electron chi connectivity index (χ2n) is 12.3. The van der Waals surface area contributed by atoms with Gasteiger partial charge in [0.25, 0.3) is 0 Å². The zero-order valence-corrected chi connectivity index (χ0v) is 24.1. The monoisotopic (exact) mass is 544 g/mol. The number of likely N-dealkylation sites (tertiary alicyclic amines) is 1. The van der Waals surface area contributed by atoms with Crippen molar-refractivity contribution in [3.8, 4) is 0 Å². The lowest BCUT2D eigenvalue weighted by Crippen LogP contribution is -2.61. The molecule has 1 aliphatic carbocycles. The van der Waals surface area contributed by atoms with Crippen LogP contribution in [0.3, 0.4) is 0 Å². The maximum Gasteiger partial charge on any atom is 0.312 e. The quantitative estimate of drug-likeness (QED) is 0.214. The highest BCUT2D eigenvalue weighted by Crippen LogP contribution is 2.64. The Morgan fingerprint density at radius 1 is 1.23 bits per heavy atom. The van der Waals surface area contributed by atoms with Crippen LogP contribution in [0.4, 0.5) is 0 Å². The van der Waals surface area contributed by atoms with E-state index >= 15 is 0 Å². The number of carbonyl (C=O) groups excluding carboxylic acids is 3. The van der Waals surface area contributed by atoms with Gasteiger partial charge in [0.2, 0.25) is 11.8 Å². The number of amides is 2. The van der Waals surface area contributed by atoms with Crippen molar-refractivity contribution >= 4 is 17.8 Å². The minimum Gasteiger partial charge on any atom is -0.465 e. The number of hydrogen-bond donors (Lipinski definition) is 1. The Labute approximate surface area is 233 Å². The summed E-state index contributed by atoms with van der Waals surface area (Å²) in [5.74, 6) is -2.50. The second-order valence-corrected chi connectivity index (χ2v) is 12.3. The zero-order chi connectivity index (χ0) is 28.4. The number of aliphatic hydroxyl groups is 1. The molecule has 0 aromatic rings. The summed E-state index contributed by atoms with van der Waals surface area (Å²) in [5, 5.41) is 10.5. The van der Waals surface area contributed by atoms with E-state index in [4.69, 9.17) is 9.47 Å². The summed E-state index contributed by atoms with van der Waals surface area (Å²) >= 11 is 0. The lowest BCUT2D eigenvalue weighted by molar-refractivity contribution is -0.163. The molecule has 3 heterocycles. The summed E-state index contributed by atoms with van der Waals surface area (Å²) in [5.41, 5.74) is -2.00. The first-order valence-electron chi connectivity index (χ1n) is 15.0. The number of hydrogen-bond acceptors (Lipinski definition) is 6. The molecule has 1 saturated carbocycles. The van der Waals surface area contributed by atoms with E-state index in [1.165, 1.54) is 0 Å². The van der Waals surface area contributed by atoms with Crippen LogP contribution in [-0.2, 0) is 23.9 Å². The van der Waals surface area contributed by atoms with Crippen molar-refractivity contribution in [1.29, 1.82) is 0 Å². The summed E-state index contributed by atoms with van der Waals surface area (Å²) < 4.78 is 12.4. The van der Waals surface area contributed by atoms with Gasteiger partial charge in [-0.05, 0) is 51.4 Å². The Bertz CT molecular complexity index is 947. The second kappa shape index (κ2) is 12.1. The van der Waals surface area contributed by atoms with Gasteiger partial charge in [0.15, 0.2) is 0 Å². The Hall–Kier alpha value is -2.19. The van der Waals surface area contributed by atoms with Crippen LogP contribution in [0.2, 0.25) is 0 Å². The molecule has 39 heavy (non-hydrogen) atoms. The molecule has 4 fully saturated rings. The first-order valence-corrected chi connectivity index (χ1v) is 15.0. The third-order valence-corrected chi connectivity index (χ3v) is 9.97. The predicted molar refractivity (Wildman–Crippen MR) is 149 cm³/mol. The minimum atomic E-state index is -1.12. The normalized spacial score (nSPS) is 33.5. The standard InChI is InChI=1S/C31H48N2O6/c1-6-9-13-19-38-29(37)25-24-27(35)33(23(20-34)21(4)8-3)26(31(24)17-16-30(25,5)39-31)28(36)32(18-7-2)22-14-11-10-12-15-22/h6-7,21-26,34H,1-2,8-20H2,3-5H3/t21-,23-,24-,25-,26?,30+,31?/m0/s1. The van der Waals surface area contributed by atoms with Gasteiger partial charge in [-0.2, -0.15) is 0 Å². The first-order chi connectivity index (χ1) is 18.7. The van der Waals surface area contributed by atoms with E-state index in [1.807, 2.05) is 25.7 Å². The van der Waals surface area contributed by atoms with E-state index in [2.05, 4.69) is 13.2 Å². The van der Waals surface area contributed by atoms with E-state index in [0.29, 0.717) is 25.8 Å². The van der Waals surface area contributed by atoms with Gasteiger partial charge in [0.1, 0.15) is 17.6 Å². The first kappa shape index (κ1) is 29.8. The van der Waals surface area contributed by atoms with Crippen molar-refractivity contribution in [2.24, 2.45) is 17.8 Å². The number of unbranched alkanes of at least 4 members (excludes halogenated alkanes) is 1. The van der Waals surface area contributed by atoms with Crippen LogP contribution < -0.4 is 0 Å². The number of aliphatic hydroxyl groups excluding tert-OH is 1. The molecule has 7 atom stereocenters. The van der Waals surface area contributed by atoms with E-state index in [-0.39, 0.29) is 37.0 Å². The van der Waals surface area contributed by atoms with Crippen molar-refractivity contribution in [3.05, 3.63) is 25.3 Å². The average Bonchev–Trinajstić information content (AvgIpc) is 3.51. The third kappa shape index (κ3) is 5.08. The highest BCUT2D eigenvalue weighted by Gasteiger charge is 2.79. The number of esters is 1. The van der Waals surface area contributed by atoms with Gasteiger partial charge in [-0.15, -0.1) is 13.2 Å². The Morgan fingerprint density at radius 3 is 2.56 bits per heavy atom. The van der Waals surface area contributed by atoms with Gasteiger partial charge in [0.05, 0.1) is 30.8 Å². The van der Waals surface area contributed by atoms with Crippen molar-refractivity contribution in [2.45, 2.75) is 114 Å². The molecule has 0 aromatic carbocycles. The van der Waals surface area contributed by atoms with Gasteiger partial charge >= 0.3 is 5.97 Å². The van der Waals surface area contributed by atoms with Crippen LogP contribution in [0.1, 0.15) is 85.0 Å². The number of allylic oxidation sites excluding steroid dienone is 1. The molecule has 3 aliphatic heterocycles. The molecular formula is C31H48N2O6. The fourth-order valence-corrected chi connectivity index (χ4v) is 7.77. The van der Waals surface area contributed by atoms with Gasteiger partial charge in [0, 0.05) is 12.6 Å². The summed E-state index contributed by atoms with van der Waals surface area (Å²) in [6.07, 6.45) is 11.9. The lowest BCUT2D eigenvalue weighted by Gasteiger charge is -2.43. The summed E-state index contributed by atoms with van der Waals surface area (Å²) in [4.78, 5) is 46.1. The van der Waals surface area contributed by atoms with E-state index in [9.17, 15) is 19.5 Å². The van der Waals surface area contributed by atoms with Crippen molar-refractivity contribution in [1.82, 2.24) is 9.80 Å². The van der Waals surface area contributed by atoms with Gasteiger partial charge in [-0.1, -0.05) is 51.7 Å². The predicted octanol–water partition coefficient (Wildman–Crippen LogP) is 4.01. The average molecular weight is 545 g/mol. The molecule has 2 unspecified atom stereocenters. The fraction of sp³-hybridized carbons (Fsp3) is 0.774. The molecule has 3 saturated heterocycles. The van der Waals surface area contributed by atoms with Crippen LogP contribution in [0.25, 0.3) is 0 Å². The molecule has 0 radical (unpaired) electrons. The molecule has 1 spiro atoms. The highest BCUT2D eigenvalue weighted by atomic mass is 16.6. The number of ether oxygens (including phenoxy) is 2.